The molecule has 2 aliphatic heterocycles. The largest absolute Gasteiger partial charge is 0.343 e. The molecular formula is C21H26N2O2S2. The molecule has 0 aliphatic carbocycles. The van der Waals surface area contributed by atoms with Crippen LogP contribution < -0.4 is 0 Å². The molecule has 0 aromatic heterocycles. The van der Waals surface area contributed by atoms with Crippen molar-refractivity contribution in [2.45, 2.75) is 45.4 Å². The quantitative estimate of drug-likeness (QED) is 0.527. The Bertz CT molecular complexity index is 737. The Labute approximate surface area is 171 Å². The third-order valence-electron chi connectivity index (χ3n) is 5.04. The van der Waals surface area contributed by atoms with E-state index in [1.165, 1.54) is 23.7 Å². The van der Waals surface area contributed by atoms with Crippen molar-refractivity contribution in [1.29, 1.82) is 0 Å². The number of hydrogen-bond donors (Lipinski definition) is 0. The minimum Gasteiger partial charge on any atom is -0.343 e. The first-order valence-electron chi connectivity index (χ1n) is 9.70. The lowest BCUT2D eigenvalue weighted by Crippen LogP contribution is -2.36. The van der Waals surface area contributed by atoms with Crippen LogP contribution in [0.2, 0.25) is 0 Å². The fraction of sp³-hybridized carbons (Fsp3) is 0.476. The highest BCUT2D eigenvalue weighted by atomic mass is 32.2. The number of aryl methyl sites for hydroxylation is 1. The Kier molecular flexibility index (Phi) is 7.07. The number of carbonyl (C=O) groups is 2. The molecule has 0 N–H and O–H groups in total. The summed E-state index contributed by atoms with van der Waals surface area (Å²) in [5, 5.41) is 0. The van der Waals surface area contributed by atoms with Crippen LogP contribution in [0.15, 0.2) is 29.2 Å². The summed E-state index contributed by atoms with van der Waals surface area (Å²) in [5.74, 6) is 0.154. The monoisotopic (exact) mass is 402 g/mol. The summed E-state index contributed by atoms with van der Waals surface area (Å²) in [6, 6.07) is 8.23. The van der Waals surface area contributed by atoms with Crippen LogP contribution in [0, 0.1) is 0 Å². The molecule has 6 heteroatoms. The number of hydrogen-bond acceptors (Lipinski definition) is 4. The van der Waals surface area contributed by atoms with Gasteiger partial charge in [-0.3, -0.25) is 14.5 Å². The van der Waals surface area contributed by atoms with E-state index in [0.29, 0.717) is 28.6 Å². The van der Waals surface area contributed by atoms with E-state index in [4.69, 9.17) is 12.2 Å². The maximum atomic E-state index is 12.7. The van der Waals surface area contributed by atoms with Gasteiger partial charge in [-0.1, -0.05) is 55.2 Å². The van der Waals surface area contributed by atoms with Crippen LogP contribution >= 0.6 is 24.0 Å². The standard InChI is InChI=1S/C21H26N2O2S2/c1-2-16-8-10-17(11-9-16)15-18-20(25)23(21(26)27-18)14-6-7-19(24)22-12-4-3-5-13-22/h8-11,15H,2-7,12-14H2,1H3. The molecule has 27 heavy (non-hydrogen) atoms. The summed E-state index contributed by atoms with van der Waals surface area (Å²) in [7, 11) is 0. The molecule has 3 rings (SSSR count). The second-order valence-corrected chi connectivity index (χ2v) is 8.65. The average molecular weight is 403 g/mol. The molecule has 2 aliphatic rings. The van der Waals surface area contributed by atoms with E-state index in [-0.39, 0.29) is 11.8 Å². The molecule has 1 aromatic carbocycles. The Morgan fingerprint density at radius 2 is 1.89 bits per heavy atom. The van der Waals surface area contributed by atoms with Crippen LogP contribution in [0.4, 0.5) is 0 Å². The normalized spacial score (nSPS) is 19.2. The van der Waals surface area contributed by atoms with Crippen LogP contribution in [0.1, 0.15) is 50.2 Å². The van der Waals surface area contributed by atoms with E-state index in [1.54, 1.807) is 4.90 Å². The van der Waals surface area contributed by atoms with Crippen LogP contribution in [0.3, 0.4) is 0 Å². The van der Waals surface area contributed by atoms with Crippen molar-refractivity contribution in [1.82, 2.24) is 9.80 Å². The van der Waals surface area contributed by atoms with Gasteiger partial charge in [0, 0.05) is 26.1 Å². The Morgan fingerprint density at radius 1 is 1.19 bits per heavy atom. The maximum Gasteiger partial charge on any atom is 0.266 e. The van der Waals surface area contributed by atoms with Crippen molar-refractivity contribution in [2.24, 2.45) is 0 Å². The lowest BCUT2D eigenvalue weighted by atomic mass is 10.1. The highest BCUT2D eigenvalue weighted by molar-refractivity contribution is 8.26. The number of thioether (sulfide) groups is 1. The van der Waals surface area contributed by atoms with Gasteiger partial charge in [0.25, 0.3) is 5.91 Å². The highest BCUT2D eigenvalue weighted by Crippen LogP contribution is 2.32. The Balaban J connectivity index is 1.54. The minimum atomic E-state index is -0.0463. The fourth-order valence-electron chi connectivity index (χ4n) is 3.38. The zero-order valence-corrected chi connectivity index (χ0v) is 17.4. The smallest absolute Gasteiger partial charge is 0.266 e. The Morgan fingerprint density at radius 3 is 2.56 bits per heavy atom. The molecule has 2 fully saturated rings. The first kappa shape index (κ1) is 20.1. The van der Waals surface area contributed by atoms with Gasteiger partial charge in [-0.2, -0.15) is 0 Å². The van der Waals surface area contributed by atoms with E-state index in [2.05, 4.69) is 19.1 Å². The topological polar surface area (TPSA) is 40.6 Å². The number of carbonyl (C=O) groups excluding carboxylic acids is 2. The van der Waals surface area contributed by atoms with E-state index in [1.807, 2.05) is 23.1 Å². The third kappa shape index (κ3) is 5.20. The second kappa shape index (κ2) is 9.51. The minimum absolute atomic E-state index is 0.0463. The molecule has 0 radical (unpaired) electrons. The fourth-order valence-corrected chi connectivity index (χ4v) is 4.69. The summed E-state index contributed by atoms with van der Waals surface area (Å²) in [5.41, 5.74) is 2.28. The number of benzene rings is 1. The van der Waals surface area contributed by atoms with Crippen LogP contribution in [-0.4, -0.2) is 45.6 Å². The van der Waals surface area contributed by atoms with Gasteiger partial charge in [0.2, 0.25) is 5.91 Å². The van der Waals surface area contributed by atoms with Crippen molar-refractivity contribution in [3.63, 3.8) is 0 Å². The van der Waals surface area contributed by atoms with Gasteiger partial charge >= 0.3 is 0 Å². The second-order valence-electron chi connectivity index (χ2n) is 6.97. The van der Waals surface area contributed by atoms with Crippen molar-refractivity contribution < 1.29 is 9.59 Å². The van der Waals surface area contributed by atoms with Crippen molar-refractivity contribution in [2.75, 3.05) is 19.6 Å². The summed E-state index contributed by atoms with van der Waals surface area (Å²) in [6.07, 6.45) is 7.45. The molecule has 0 spiro atoms. The molecule has 1 aromatic rings. The van der Waals surface area contributed by atoms with Gasteiger partial charge in [0.1, 0.15) is 4.32 Å². The zero-order valence-electron chi connectivity index (χ0n) is 15.8. The summed E-state index contributed by atoms with van der Waals surface area (Å²) in [6.45, 7) is 4.38. The van der Waals surface area contributed by atoms with Gasteiger partial charge in [0.15, 0.2) is 0 Å². The van der Waals surface area contributed by atoms with Gasteiger partial charge < -0.3 is 4.90 Å². The number of rotatable bonds is 6. The predicted molar refractivity (Wildman–Crippen MR) is 115 cm³/mol. The summed E-state index contributed by atoms with van der Waals surface area (Å²) >= 11 is 6.73. The van der Waals surface area contributed by atoms with Gasteiger partial charge in [-0.05, 0) is 49.3 Å². The van der Waals surface area contributed by atoms with Gasteiger partial charge in [-0.25, -0.2) is 0 Å². The number of piperidine rings is 1. The van der Waals surface area contributed by atoms with E-state index < -0.39 is 0 Å². The molecular weight excluding hydrogens is 376 g/mol. The molecule has 0 unspecified atom stereocenters. The van der Waals surface area contributed by atoms with Crippen LogP contribution in [-0.2, 0) is 16.0 Å². The molecule has 0 bridgehead atoms. The van der Waals surface area contributed by atoms with Crippen molar-refractivity contribution in [3.05, 3.63) is 40.3 Å². The molecule has 0 atom stereocenters. The van der Waals surface area contributed by atoms with Crippen molar-refractivity contribution in [3.8, 4) is 0 Å². The maximum absolute atomic E-state index is 12.7. The Hall–Kier alpha value is -1.66. The number of nitrogens with zero attached hydrogens (tertiary/aromatic N) is 2. The zero-order chi connectivity index (χ0) is 19.2. The summed E-state index contributed by atoms with van der Waals surface area (Å²) in [4.78, 5) is 29.2. The van der Waals surface area contributed by atoms with Crippen LogP contribution in [0.25, 0.3) is 6.08 Å². The molecule has 4 nitrogen and oxygen atoms in total. The van der Waals surface area contributed by atoms with Gasteiger partial charge in [0.05, 0.1) is 4.91 Å². The van der Waals surface area contributed by atoms with E-state index >= 15 is 0 Å². The average Bonchev–Trinajstić information content (AvgIpc) is 2.96. The van der Waals surface area contributed by atoms with Crippen molar-refractivity contribution >= 4 is 46.2 Å². The molecule has 144 valence electrons. The van der Waals surface area contributed by atoms with Gasteiger partial charge in [-0.15, -0.1) is 0 Å². The number of likely N-dealkylation sites (tertiary alicyclic amines) is 1. The van der Waals surface area contributed by atoms with E-state index in [0.717, 1.165) is 37.9 Å². The highest BCUT2D eigenvalue weighted by Gasteiger charge is 2.31. The number of amides is 2. The number of thiocarbonyl (C=S) groups is 1. The van der Waals surface area contributed by atoms with Crippen LogP contribution in [0.5, 0.6) is 0 Å². The molecule has 2 saturated heterocycles. The van der Waals surface area contributed by atoms with E-state index in [9.17, 15) is 9.59 Å². The third-order valence-corrected chi connectivity index (χ3v) is 6.42. The molecule has 2 amide bonds. The SMILES string of the molecule is CCc1ccc(C=C2SC(=S)N(CCCC(=O)N3CCCCC3)C2=O)cc1. The first-order valence-corrected chi connectivity index (χ1v) is 10.9. The predicted octanol–water partition coefficient (Wildman–Crippen LogP) is 4.24. The molecule has 0 saturated carbocycles. The lowest BCUT2D eigenvalue weighted by Gasteiger charge is -2.27. The first-order chi connectivity index (χ1) is 13.1. The molecule has 2 heterocycles. The summed E-state index contributed by atoms with van der Waals surface area (Å²) < 4.78 is 0.585. The lowest BCUT2D eigenvalue weighted by molar-refractivity contribution is -0.132.